The van der Waals surface area contributed by atoms with Gasteiger partial charge in [-0.3, -0.25) is 0 Å². The van der Waals surface area contributed by atoms with E-state index in [1.54, 1.807) is 6.92 Å². The lowest BCUT2D eigenvalue weighted by atomic mass is 10.0. The van der Waals surface area contributed by atoms with Crippen LogP contribution in [0.1, 0.15) is 37.9 Å². The summed E-state index contributed by atoms with van der Waals surface area (Å²) in [4.78, 5) is 3.95. The standard InChI is InChI=1S/C9H16N2O4S/c1-4-7(12)6(2)9-10-8(11-15-9)5-16(3,13)14/h6-7,12H,4-5H2,1-3H3. The van der Waals surface area contributed by atoms with E-state index in [0.29, 0.717) is 6.42 Å². The van der Waals surface area contributed by atoms with Crippen LogP contribution in [0.25, 0.3) is 0 Å². The van der Waals surface area contributed by atoms with Crippen molar-refractivity contribution in [2.45, 2.75) is 38.0 Å². The van der Waals surface area contributed by atoms with Gasteiger partial charge in [0, 0.05) is 6.26 Å². The second-order valence-corrected chi connectivity index (χ2v) is 6.02. The maximum Gasteiger partial charge on any atom is 0.232 e. The largest absolute Gasteiger partial charge is 0.392 e. The van der Waals surface area contributed by atoms with Crippen molar-refractivity contribution in [1.29, 1.82) is 0 Å². The second-order valence-electron chi connectivity index (χ2n) is 3.88. The number of sulfone groups is 1. The maximum atomic E-state index is 11.0. The molecule has 0 aliphatic rings. The first-order valence-electron chi connectivity index (χ1n) is 5.01. The van der Waals surface area contributed by atoms with Gasteiger partial charge in [-0.25, -0.2) is 8.42 Å². The van der Waals surface area contributed by atoms with Crippen LogP contribution < -0.4 is 0 Å². The average Bonchev–Trinajstić information content (AvgIpc) is 2.61. The molecule has 0 amide bonds. The Balaban J connectivity index is 2.79. The fourth-order valence-corrected chi connectivity index (χ4v) is 1.85. The Morgan fingerprint density at radius 2 is 2.12 bits per heavy atom. The van der Waals surface area contributed by atoms with Gasteiger partial charge in [-0.15, -0.1) is 0 Å². The molecule has 0 saturated heterocycles. The van der Waals surface area contributed by atoms with Gasteiger partial charge in [0.2, 0.25) is 5.89 Å². The molecule has 1 heterocycles. The molecule has 2 atom stereocenters. The lowest BCUT2D eigenvalue weighted by Gasteiger charge is -2.11. The Bertz CT molecular complexity index is 440. The molecule has 1 rings (SSSR count). The average molecular weight is 248 g/mol. The van der Waals surface area contributed by atoms with Gasteiger partial charge in [0.25, 0.3) is 0 Å². The molecule has 0 aromatic carbocycles. The van der Waals surface area contributed by atoms with Crippen molar-refractivity contribution in [3.63, 3.8) is 0 Å². The minimum Gasteiger partial charge on any atom is -0.392 e. The molecule has 1 aromatic heterocycles. The number of hydrogen-bond donors (Lipinski definition) is 1. The predicted octanol–water partition coefficient (Wildman–Crippen LogP) is 0.489. The topological polar surface area (TPSA) is 93.3 Å². The van der Waals surface area contributed by atoms with Gasteiger partial charge in [-0.2, -0.15) is 4.98 Å². The molecule has 1 aromatic rings. The first-order chi connectivity index (χ1) is 7.33. The maximum absolute atomic E-state index is 11.0. The van der Waals surface area contributed by atoms with Crippen LogP contribution in [0.5, 0.6) is 0 Å². The molecular formula is C9H16N2O4S. The van der Waals surface area contributed by atoms with Crippen molar-refractivity contribution < 1.29 is 18.0 Å². The molecule has 0 fully saturated rings. The predicted molar refractivity (Wildman–Crippen MR) is 57.6 cm³/mol. The molecule has 92 valence electrons. The van der Waals surface area contributed by atoms with E-state index >= 15 is 0 Å². The zero-order valence-electron chi connectivity index (χ0n) is 9.54. The molecular weight excluding hydrogens is 232 g/mol. The van der Waals surface area contributed by atoms with E-state index < -0.39 is 15.9 Å². The number of aliphatic hydroxyl groups excluding tert-OH is 1. The molecule has 0 aliphatic carbocycles. The molecule has 16 heavy (non-hydrogen) atoms. The Hall–Kier alpha value is -0.950. The highest BCUT2D eigenvalue weighted by Crippen LogP contribution is 2.19. The molecule has 0 saturated carbocycles. The van der Waals surface area contributed by atoms with Crippen molar-refractivity contribution in [1.82, 2.24) is 10.1 Å². The second kappa shape index (κ2) is 4.92. The minimum atomic E-state index is -3.16. The Morgan fingerprint density at radius 1 is 1.50 bits per heavy atom. The summed E-state index contributed by atoms with van der Waals surface area (Å²) < 4.78 is 26.9. The highest BCUT2D eigenvalue weighted by Gasteiger charge is 2.21. The number of aliphatic hydroxyl groups is 1. The third-order valence-corrected chi connectivity index (χ3v) is 3.04. The number of nitrogens with zero attached hydrogens (tertiary/aromatic N) is 2. The normalized spacial score (nSPS) is 16.0. The summed E-state index contributed by atoms with van der Waals surface area (Å²) in [6.07, 6.45) is 1.12. The van der Waals surface area contributed by atoms with Gasteiger partial charge in [-0.05, 0) is 6.42 Å². The number of aromatic nitrogens is 2. The van der Waals surface area contributed by atoms with Gasteiger partial charge >= 0.3 is 0 Å². The number of rotatable bonds is 5. The quantitative estimate of drug-likeness (QED) is 0.815. The summed E-state index contributed by atoms with van der Waals surface area (Å²) in [5.74, 6) is -0.128. The Labute approximate surface area is 94.6 Å². The monoisotopic (exact) mass is 248 g/mol. The summed E-state index contributed by atoms with van der Waals surface area (Å²) in [7, 11) is -3.16. The molecule has 2 unspecified atom stereocenters. The van der Waals surface area contributed by atoms with Crippen LogP contribution >= 0.6 is 0 Å². The third-order valence-electron chi connectivity index (χ3n) is 2.26. The first kappa shape index (κ1) is 13.1. The van der Waals surface area contributed by atoms with Crippen molar-refractivity contribution >= 4 is 9.84 Å². The van der Waals surface area contributed by atoms with Crippen LogP contribution in [-0.4, -0.2) is 36.0 Å². The molecule has 6 nitrogen and oxygen atoms in total. The molecule has 0 aliphatic heterocycles. The van der Waals surface area contributed by atoms with E-state index in [4.69, 9.17) is 4.52 Å². The van der Waals surface area contributed by atoms with Crippen molar-refractivity contribution in [2.75, 3.05) is 6.26 Å². The van der Waals surface area contributed by atoms with Gasteiger partial charge in [0.1, 0.15) is 5.75 Å². The molecule has 0 spiro atoms. The summed E-state index contributed by atoms with van der Waals surface area (Å²) in [6.45, 7) is 3.60. The van der Waals surface area contributed by atoms with Crippen molar-refractivity contribution in [2.24, 2.45) is 0 Å². The van der Waals surface area contributed by atoms with E-state index in [-0.39, 0.29) is 23.4 Å². The smallest absolute Gasteiger partial charge is 0.232 e. The van der Waals surface area contributed by atoms with E-state index in [1.807, 2.05) is 6.92 Å². The van der Waals surface area contributed by atoms with Crippen molar-refractivity contribution in [3.8, 4) is 0 Å². The van der Waals surface area contributed by atoms with Crippen LogP contribution in [0.2, 0.25) is 0 Å². The molecule has 7 heteroatoms. The lowest BCUT2D eigenvalue weighted by Crippen LogP contribution is -2.14. The van der Waals surface area contributed by atoms with E-state index in [1.165, 1.54) is 0 Å². The fourth-order valence-electron chi connectivity index (χ4n) is 1.26. The van der Waals surface area contributed by atoms with Crippen molar-refractivity contribution in [3.05, 3.63) is 11.7 Å². The Morgan fingerprint density at radius 3 is 2.62 bits per heavy atom. The first-order valence-corrected chi connectivity index (χ1v) is 7.07. The van der Waals surface area contributed by atoms with E-state index in [9.17, 15) is 13.5 Å². The zero-order chi connectivity index (χ0) is 12.3. The highest BCUT2D eigenvalue weighted by atomic mass is 32.2. The SMILES string of the molecule is CCC(O)C(C)c1nc(CS(C)(=O)=O)no1. The minimum absolute atomic E-state index is 0.132. The molecule has 0 radical (unpaired) electrons. The zero-order valence-corrected chi connectivity index (χ0v) is 10.4. The van der Waals surface area contributed by atoms with Crippen LogP contribution in [0.3, 0.4) is 0 Å². The van der Waals surface area contributed by atoms with Crippen LogP contribution in [-0.2, 0) is 15.6 Å². The highest BCUT2D eigenvalue weighted by molar-refractivity contribution is 7.89. The summed E-state index contributed by atoms with van der Waals surface area (Å²) >= 11 is 0. The molecule has 1 N–H and O–H groups in total. The van der Waals surface area contributed by atoms with Crippen LogP contribution in [0.15, 0.2) is 4.52 Å². The fraction of sp³-hybridized carbons (Fsp3) is 0.778. The lowest BCUT2D eigenvalue weighted by molar-refractivity contribution is 0.129. The molecule has 0 bridgehead atoms. The number of hydrogen-bond acceptors (Lipinski definition) is 6. The van der Waals surface area contributed by atoms with E-state index in [0.717, 1.165) is 6.26 Å². The Kier molecular flexibility index (Phi) is 4.03. The van der Waals surface area contributed by atoms with Gasteiger partial charge in [-0.1, -0.05) is 19.0 Å². The van der Waals surface area contributed by atoms with Gasteiger partial charge < -0.3 is 9.63 Å². The van der Waals surface area contributed by atoms with Crippen LogP contribution in [0, 0.1) is 0 Å². The van der Waals surface area contributed by atoms with Gasteiger partial charge in [0.15, 0.2) is 15.7 Å². The van der Waals surface area contributed by atoms with Gasteiger partial charge in [0.05, 0.1) is 12.0 Å². The summed E-state index contributed by atoms with van der Waals surface area (Å²) in [5.41, 5.74) is 0. The van der Waals surface area contributed by atoms with Crippen LogP contribution in [0.4, 0.5) is 0 Å². The summed E-state index contributed by atoms with van der Waals surface area (Å²) in [5, 5.41) is 13.1. The third kappa shape index (κ3) is 3.57. The van der Waals surface area contributed by atoms with E-state index in [2.05, 4.69) is 10.1 Å². The summed E-state index contributed by atoms with van der Waals surface area (Å²) in [6, 6.07) is 0.